The maximum absolute atomic E-state index is 6.08. The molecule has 0 saturated heterocycles. The summed E-state index contributed by atoms with van der Waals surface area (Å²) in [4.78, 5) is 4.95. The van der Waals surface area contributed by atoms with Crippen LogP contribution >= 0.6 is 11.6 Å². The first-order chi connectivity index (χ1) is 12.1. The first kappa shape index (κ1) is 14.6. The van der Waals surface area contributed by atoms with Crippen LogP contribution < -0.4 is 0 Å². The molecule has 0 fully saturated rings. The highest BCUT2D eigenvalue weighted by Gasteiger charge is 2.17. The van der Waals surface area contributed by atoms with Gasteiger partial charge < -0.3 is 0 Å². The van der Waals surface area contributed by atoms with Crippen LogP contribution in [0.4, 0.5) is 0 Å². The molecule has 4 heteroatoms. The Kier molecular flexibility index (Phi) is 2.97. The van der Waals surface area contributed by atoms with E-state index in [2.05, 4.69) is 59.2 Å². The SMILES string of the molecule is Cc1cc2nc3n(-c4ccc(Cl)cc4)c4ccccc4n3c2cc1C. The second-order valence-corrected chi connectivity index (χ2v) is 6.91. The molecule has 0 aliphatic rings. The highest BCUT2D eigenvalue weighted by Crippen LogP contribution is 2.30. The highest BCUT2D eigenvalue weighted by molar-refractivity contribution is 6.30. The van der Waals surface area contributed by atoms with E-state index in [9.17, 15) is 0 Å². The lowest BCUT2D eigenvalue weighted by molar-refractivity contribution is 1.11. The van der Waals surface area contributed by atoms with E-state index in [-0.39, 0.29) is 0 Å². The second-order valence-electron chi connectivity index (χ2n) is 6.47. The number of hydrogen-bond donors (Lipinski definition) is 0. The van der Waals surface area contributed by atoms with Gasteiger partial charge in [0.05, 0.1) is 22.1 Å². The Balaban J connectivity index is 2.00. The quantitative estimate of drug-likeness (QED) is 0.382. The molecule has 0 spiro atoms. The Hall–Kier alpha value is -2.78. The van der Waals surface area contributed by atoms with Crippen molar-refractivity contribution < 1.29 is 0 Å². The molecule has 0 amide bonds. The van der Waals surface area contributed by atoms with Crippen LogP contribution in [0, 0.1) is 13.8 Å². The number of imidazole rings is 2. The molecule has 0 aliphatic heterocycles. The number of halogens is 1. The van der Waals surface area contributed by atoms with E-state index in [4.69, 9.17) is 16.6 Å². The molecule has 0 bridgehead atoms. The first-order valence-electron chi connectivity index (χ1n) is 8.28. The van der Waals surface area contributed by atoms with Gasteiger partial charge in [0.15, 0.2) is 0 Å². The topological polar surface area (TPSA) is 22.2 Å². The molecule has 0 atom stereocenters. The maximum atomic E-state index is 6.08. The lowest BCUT2D eigenvalue weighted by Gasteiger charge is -2.05. The Morgan fingerprint density at radius 3 is 2.24 bits per heavy atom. The van der Waals surface area contributed by atoms with Crippen molar-refractivity contribution in [2.75, 3.05) is 0 Å². The molecule has 0 unspecified atom stereocenters. The molecule has 0 radical (unpaired) electrons. The monoisotopic (exact) mass is 345 g/mol. The van der Waals surface area contributed by atoms with Crippen molar-refractivity contribution in [3.05, 3.63) is 76.8 Å². The average molecular weight is 346 g/mol. The van der Waals surface area contributed by atoms with Gasteiger partial charge in [0.2, 0.25) is 5.78 Å². The van der Waals surface area contributed by atoms with E-state index in [1.165, 1.54) is 11.1 Å². The molecule has 2 aromatic heterocycles. The number of hydrogen-bond acceptors (Lipinski definition) is 1. The van der Waals surface area contributed by atoms with Gasteiger partial charge in [-0.25, -0.2) is 4.98 Å². The van der Waals surface area contributed by atoms with Gasteiger partial charge in [-0.3, -0.25) is 8.97 Å². The van der Waals surface area contributed by atoms with Crippen LogP contribution in [0.25, 0.3) is 33.5 Å². The zero-order valence-electron chi connectivity index (χ0n) is 14.0. The molecule has 5 aromatic rings. The van der Waals surface area contributed by atoms with Gasteiger partial charge in [-0.1, -0.05) is 23.7 Å². The first-order valence-corrected chi connectivity index (χ1v) is 8.66. The fourth-order valence-corrected chi connectivity index (χ4v) is 3.63. The van der Waals surface area contributed by atoms with Crippen molar-refractivity contribution in [3.8, 4) is 5.69 Å². The number of benzene rings is 3. The van der Waals surface area contributed by atoms with Crippen molar-refractivity contribution in [1.82, 2.24) is 14.0 Å². The largest absolute Gasteiger partial charge is 0.278 e. The average Bonchev–Trinajstić information content (AvgIpc) is 3.11. The highest BCUT2D eigenvalue weighted by atomic mass is 35.5. The van der Waals surface area contributed by atoms with Crippen LogP contribution in [-0.4, -0.2) is 14.0 Å². The number of fused-ring (bicyclic) bond motifs is 5. The summed E-state index contributed by atoms with van der Waals surface area (Å²) in [5.41, 5.74) is 8.03. The fourth-order valence-electron chi connectivity index (χ4n) is 3.50. The van der Waals surface area contributed by atoms with Gasteiger partial charge in [-0.05, 0) is 73.5 Å². The van der Waals surface area contributed by atoms with E-state index in [1.807, 2.05) is 24.3 Å². The Labute approximate surface area is 150 Å². The standard InChI is InChI=1S/C21H16ClN3/c1-13-11-17-20(12-14(13)2)25-19-6-4-3-5-18(19)24(21(25)23-17)16-9-7-15(22)8-10-16/h3-12H,1-2H3. The van der Waals surface area contributed by atoms with Gasteiger partial charge in [-0.15, -0.1) is 0 Å². The predicted octanol–water partition coefficient (Wildman–Crippen LogP) is 5.70. The summed E-state index contributed by atoms with van der Waals surface area (Å²) >= 11 is 6.08. The van der Waals surface area contributed by atoms with Crippen LogP contribution in [-0.2, 0) is 0 Å². The molecule has 2 heterocycles. The molecule has 5 rings (SSSR count). The van der Waals surface area contributed by atoms with Crippen LogP contribution in [0.15, 0.2) is 60.7 Å². The number of para-hydroxylation sites is 2. The maximum Gasteiger partial charge on any atom is 0.220 e. The lowest BCUT2D eigenvalue weighted by atomic mass is 10.1. The molecular formula is C21H16ClN3. The lowest BCUT2D eigenvalue weighted by Crippen LogP contribution is -1.94. The third kappa shape index (κ3) is 2.02. The smallest absolute Gasteiger partial charge is 0.220 e. The molecule has 0 aliphatic carbocycles. The Morgan fingerprint density at radius 2 is 1.48 bits per heavy atom. The van der Waals surface area contributed by atoms with Gasteiger partial charge in [0.25, 0.3) is 0 Å². The van der Waals surface area contributed by atoms with Crippen LogP contribution in [0.1, 0.15) is 11.1 Å². The minimum atomic E-state index is 0.732. The summed E-state index contributed by atoms with van der Waals surface area (Å²) in [6.45, 7) is 4.27. The molecule has 25 heavy (non-hydrogen) atoms. The van der Waals surface area contributed by atoms with E-state index in [1.54, 1.807) is 0 Å². The summed E-state index contributed by atoms with van der Waals surface area (Å²) in [5, 5.41) is 0.732. The van der Waals surface area contributed by atoms with Gasteiger partial charge in [0, 0.05) is 10.7 Å². The summed E-state index contributed by atoms with van der Waals surface area (Å²) in [7, 11) is 0. The number of aromatic nitrogens is 3. The molecule has 3 aromatic carbocycles. The van der Waals surface area contributed by atoms with Crippen LogP contribution in [0.5, 0.6) is 0 Å². The number of nitrogens with zero attached hydrogens (tertiary/aromatic N) is 3. The van der Waals surface area contributed by atoms with Crippen molar-refractivity contribution in [3.63, 3.8) is 0 Å². The summed E-state index contributed by atoms with van der Waals surface area (Å²) in [6, 6.07) is 20.7. The van der Waals surface area contributed by atoms with Gasteiger partial charge in [0.1, 0.15) is 0 Å². The summed E-state index contributed by atoms with van der Waals surface area (Å²) < 4.78 is 4.43. The molecule has 0 N–H and O–H groups in total. The molecular weight excluding hydrogens is 330 g/mol. The van der Waals surface area contributed by atoms with Crippen molar-refractivity contribution in [1.29, 1.82) is 0 Å². The predicted molar refractivity (Wildman–Crippen MR) is 104 cm³/mol. The fraction of sp³-hybridized carbons (Fsp3) is 0.0952. The molecule has 3 nitrogen and oxygen atoms in total. The second kappa shape index (κ2) is 5.11. The van der Waals surface area contributed by atoms with E-state index in [0.29, 0.717) is 0 Å². The summed E-state index contributed by atoms with van der Waals surface area (Å²) in [6.07, 6.45) is 0. The van der Waals surface area contributed by atoms with Crippen molar-refractivity contribution >= 4 is 39.4 Å². The van der Waals surface area contributed by atoms with Gasteiger partial charge >= 0.3 is 0 Å². The van der Waals surface area contributed by atoms with Crippen LogP contribution in [0.2, 0.25) is 5.02 Å². The van der Waals surface area contributed by atoms with E-state index < -0.39 is 0 Å². The van der Waals surface area contributed by atoms with E-state index in [0.717, 1.165) is 38.6 Å². The minimum Gasteiger partial charge on any atom is -0.278 e. The zero-order valence-corrected chi connectivity index (χ0v) is 14.7. The van der Waals surface area contributed by atoms with Gasteiger partial charge in [-0.2, -0.15) is 0 Å². The third-order valence-corrected chi connectivity index (χ3v) is 5.15. The Bertz CT molecular complexity index is 1260. The summed E-state index contributed by atoms with van der Waals surface area (Å²) in [5.74, 6) is 0.920. The normalized spacial score (nSPS) is 11.8. The zero-order chi connectivity index (χ0) is 17.1. The Morgan fingerprint density at radius 1 is 0.800 bits per heavy atom. The molecule has 0 saturated carbocycles. The molecule has 122 valence electrons. The van der Waals surface area contributed by atoms with Crippen molar-refractivity contribution in [2.45, 2.75) is 13.8 Å². The third-order valence-electron chi connectivity index (χ3n) is 4.90. The van der Waals surface area contributed by atoms with Crippen LogP contribution in [0.3, 0.4) is 0 Å². The van der Waals surface area contributed by atoms with Crippen molar-refractivity contribution in [2.24, 2.45) is 0 Å². The van der Waals surface area contributed by atoms with E-state index >= 15 is 0 Å². The number of aryl methyl sites for hydroxylation is 2. The number of rotatable bonds is 1. The minimum absolute atomic E-state index is 0.732.